The van der Waals surface area contributed by atoms with Gasteiger partial charge in [0.1, 0.15) is 5.78 Å². The first kappa shape index (κ1) is 14.2. The number of carbonyl (C=O) groups is 1. The minimum Gasteiger partial charge on any atom is -0.327 e. The molecule has 94 valence electrons. The maximum Gasteiger partial charge on any atom is 0.138 e. The van der Waals surface area contributed by atoms with Crippen molar-refractivity contribution >= 4 is 17.4 Å². The number of rotatable bonds is 4. The Morgan fingerprint density at radius 1 is 1.29 bits per heavy atom. The lowest BCUT2D eigenvalue weighted by Crippen LogP contribution is -2.37. The molecule has 0 aromatic heterocycles. The van der Waals surface area contributed by atoms with Crippen LogP contribution in [0.2, 0.25) is 5.02 Å². The highest BCUT2D eigenvalue weighted by Crippen LogP contribution is 2.20. The Labute approximate surface area is 108 Å². The summed E-state index contributed by atoms with van der Waals surface area (Å²) in [6.07, 6.45) is 0.854. The van der Waals surface area contributed by atoms with E-state index < -0.39 is 0 Å². The SMILES string of the molecule is CC(C)(C)C(N)CC(=O)Cc1ccc(Cl)cc1. The fourth-order valence-corrected chi connectivity index (χ4v) is 1.58. The second-order valence-corrected chi connectivity index (χ2v) is 5.95. The van der Waals surface area contributed by atoms with Crippen LogP contribution in [0.15, 0.2) is 24.3 Å². The Morgan fingerprint density at radius 3 is 2.29 bits per heavy atom. The third-order valence-corrected chi connectivity index (χ3v) is 3.13. The zero-order valence-corrected chi connectivity index (χ0v) is 11.4. The highest BCUT2D eigenvalue weighted by molar-refractivity contribution is 6.30. The van der Waals surface area contributed by atoms with Gasteiger partial charge in [-0.25, -0.2) is 0 Å². The molecule has 0 aliphatic rings. The van der Waals surface area contributed by atoms with Gasteiger partial charge in [-0.1, -0.05) is 44.5 Å². The molecular weight excluding hydrogens is 234 g/mol. The van der Waals surface area contributed by atoms with Crippen LogP contribution in [0.1, 0.15) is 32.8 Å². The first-order valence-electron chi connectivity index (χ1n) is 5.81. The number of nitrogens with two attached hydrogens (primary N) is 1. The van der Waals surface area contributed by atoms with Crippen molar-refractivity contribution in [3.63, 3.8) is 0 Å². The molecule has 0 saturated carbocycles. The maximum atomic E-state index is 11.8. The summed E-state index contributed by atoms with van der Waals surface area (Å²) in [7, 11) is 0. The molecule has 0 fully saturated rings. The van der Waals surface area contributed by atoms with Gasteiger partial charge in [0.05, 0.1) is 0 Å². The Hall–Kier alpha value is -0.860. The summed E-state index contributed by atoms with van der Waals surface area (Å²) in [4.78, 5) is 11.8. The van der Waals surface area contributed by atoms with Gasteiger partial charge >= 0.3 is 0 Å². The molecule has 1 aromatic rings. The standard InChI is InChI=1S/C14H20ClNO/c1-14(2,3)13(16)9-12(17)8-10-4-6-11(15)7-5-10/h4-7,13H,8-9,16H2,1-3H3. The van der Waals surface area contributed by atoms with Crippen molar-refractivity contribution in [1.82, 2.24) is 0 Å². The average Bonchev–Trinajstić information content (AvgIpc) is 2.20. The van der Waals surface area contributed by atoms with Gasteiger partial charge in [0.25, 0.3) is 0 Å². The van der Waals surface area contributed by atoms with Gasteiger partial charge < -0.3 is 5.73 Å². The lowest BCUT2D eigenvalue weighted by molar-refractivity contribution is -0.119. The molecule has 1 aromatic carbocycles. The van der Waals surface area contributed by atoms with E-state index in [-0.39, 0.29) is 17.2 Å². The molecule has 0 bridgehead atoms. The topological polar surface area (TPSA) is 43.1 Å². The Balaban J connectivity index is 2.53. The number of hydrogen-bond donors (Lipinski definition) is 1. The van der Waals surface area contributed by atoms with E-state index >= 15 is 0 Å². The molecule has 1 unspecified atom stereocenters. The van der Waals surface area contributed by atoms with E-state index in [0.717, 1.165) is 5.56 Å². The lowest BCUT2D eigenvalue weighted by atomic mass is 9.84. The van der Waals surface area contributed by atoms with Crippen LogP contribution in [0, 0.1) is 5.41 Å². The fourth-order valence-electron chi connectivity index (χ4n) is 1.45. The number of Topliss-reactive ketones (excluding diaryl/α,β-unsaturated/α-hetero) is 1. The second kappa shape index (κ2) is 5.65. The first-order chi connectivity index (χ1) is 7.79. The zero-order valence-electron chi connectivity index (χ0n) is 10.7. The summed E-state index contributed by atoms with van der Waals surface area (Å²) in [5.41, 5.74) is 6.94. The summed E-state index contributed by atoms with van der Waals surface area (Å²) in [6, 6.07) is 7.26. The molecule has 0 spiro atoms. The van der Waals surface area contributed by atoms with Crippen LogP contribution in [0.25, 0.3) is 0 Å². The van der Waals surface area contributed by atoms with E-state index in [4.69, 9.17) is 17.3 Å². The van der Waals surface area contributed by atoms with Crippen molar-refractivity contribution in [3.05, 3.63) is 34.9 Å². The van der Waals surface area contributed by atoms with Crippen LogP contribution in [0.4, 0.5) is 0 Å². The molecule has 1 rings (SSSR count). The van der Waals surface area contributed by atoms with Crippen molar-refractivity contribution in [3.8, 4) is 0 Å². The van der Waals surface area contributed by atoms with E-state index in [1.807, 2.05) is 32.9 Å². The van der Waals surface area contributed by atoms with Crippen LogP contribution < -0.4 is 5.73 Å². The van der Waals surface area contributed by atoms with Crippen molar-refractivity contribution in [2.45, 2.75) is 39.7 Å². The summed E-state index contributed by atoms with van der Waals surface area (Å²) in [6.45, 7) is 6.15. The van der Waals surface area contributed by atoms with E-state index in [2.05, 4.69) is 0 Å². The van der Waals surface area contributed by atoms with E-state index in [9.17, 15) is 4.79 Å². The predicted molar refractivity (Wildman–Crippen MR) is 72.2 cm³/mol. The molecular formula is C14H20ClNO. The molecule has 3 heteroatoms. The highest BCUT2D eigenvalue weighted by atomic mass is 35.5. The third-order valence-electron chi connectivity index (χ3n) is 2.87. The molecule has 0 aliphatic heterocycles. The van der Waals surface area contributed by atoms with Crippen LogP contribution in [0.5, 0.6) is 0 Å². The van der Waals surface area contributed by atoms with Gasteiger partial charge in [-0.15, -0.1) is 0 Å². The molecule has 0 amide bonds. The van der Waals surface area contributed by atoms with Crippen LogP contribution in [-0.4, -0.2) is 11.8 Å². The summed E-state index contributed by atoms with van der Waals surface area (Å²) < 4.78 is 0. The Morgan fingerprint density at radius 2 is 1.82 bits per heavy atom. The first-order valence-corrected chi connectivity index (χ1v) is 6.18. The summed E-state index contributed by atoms with van der Waals surface area (Å²) in [5.74, 6) is 0.176. The average molecular weight is 254 g/mol. The minimum absolute atomic E-state index is 0.0321. The number of ketones is 1. The number of halogens is 1. The maximum absolute atomic E-state index is 11.8. The zero-order chi connectivity index (χ0) is 13.1. The van der Waals surface area contributed by atoms with Crippen LogP contribution in [-0.2, 0) is 11.2 Å². The van der Waals surface area contributed by atoms with Crippen molar-refractivity contribution in [2.75, 3.05) is 0 Å². The number of benzene rings is 1. The van der Waals surface area contributed by atoms with Gasteiger partial charge in [0, 0.05) is 23.9 Å². The van der Waals surface area contributed by atoms with Crippen molar-refractivity contribution in [1.29, 1.82) is 0 Å². The highest BCUT2D eigenvalue weighted by Gasteiger charge is 2.22. The predicted octanol–water partition coefficient (Wildman–Crippen LogP) is 3.22. The molecule has 2 nitrogen and oxygen atoms in total. The van der Waals surface area contributed by atoms with Gasteiger partial charge in [-0.3, -0.25) is 4.79 Å². The largest absolute Gasteiger partial charge is 0.327 e. The second-order valence-electron chi connectivity index (χ2n) is 5.52. The lowest BCUT2D eigenvalue weighted by Gasteiger charge is -2.26. The molecule has 0 radical (unpaired) electrons. The third kappa shape index (κ3) is 4.88. The molecule has 2 N–H and O–H groups in total. The van der Waals surface area contributed by atoms with Crippen LogP contribution >= 0.6 is 11.6 Å². The van der Waals surface area contributed by atoms with Crippen molar-refractivity contribution in [2.24, 2.45) is 11.1 Å². The minimum atomic E-state index is -0.0951. The summed E-state index contributed by atoms with van der Waals surface area (Å²) >= 11 is 5.79. The number of hydrogen-bond acceptors (Lipinski definition) is 2. The molecule has 1 atom stereocenters. The fraction of sp³-hybridized carbons (Fsp3) is 0.500. The van der Waals surface area contributed by atoms with E-state index in [0.29, 0.717) is 17.9 Å². The number of carbonyl (C=O) groups excluding carboxylic acids is 1. The smallest absolute Gasteiger partial charge is 0.138 e. The van der Waals surface area contributed by atoms with Crippen molar-refractivity contribution < 1.29 is 4.79 Å². The summed E-state index contributed by atoms with van der Waals surface area (Å²) in [5, 5.41) is 0.688. The normalized spacial score (nSPS) is 13.5. The Kier molecular flexibility index (Phi) is 4.72. The van der Waals surface area contributed by atoms with E-state index in [1.165, 1.54) is 0 Å². The quantitative estimate of drug-likeness (QED) is 0.895. The van der Waals surface area contributed by atoms with Gasteiger partial charge in [0.2, 0.25) is 0 Å². The molecule has 0 heterocycles. The van der Waals surface area contributed by atoms with E-state index in [1.54, 1.807) is 12.1 Å². The van der Waals surface area contributed by atoms with Crippen LogP contribution in [0.3, 0.4) is 0 Å². The van der Waals surface area contributed by atoms with Gasteiger partial charge in [0.15, 0.2) is 0 Å². The molecule has 0 saturated heterocycles. The monoisotopic (exact) mass is 253 g/mol. The molecule has 0 aliphatic carbocycles. The van der Waals surface area contributed by atoms with Gasteiger partial charge in [-0.05, 0) is 23.1 Å². The molecule has 17 heavy (non-hydrogen) atoms. The Bertz CT molecular complexity index is 378. The van der Waals surface area contributed by atoms with Gasteiger partial charge in [-0.2, -0.15) is 0 Å².